The van der Waals surface area contributed by atoms with Gasteiger partial charge < -0.3 is 10.2 Å². The number of aryl methyl sites for hydroxylation is 4. The first-order valence-electron chi connectivity index (χ1n) is 11.8. The second kappa shape index (κ2) is 10.7. The number of amides is 1. The van der Waals surface area contributed by atoms with Crippen LogP contribution in [0.3, 0.4) is 0 Å². The molecule has 5 rings (SSSR count). The smallest absolute Gasteiger partial charge is 0.296 e. The van der Waals surface area contributed by atoms with Crippen LogP contribution in [-0.4, -0.2) is 37.1 Å². The number of carbonyl (C=O) groups excluding carboxylic acids is 2. The summed E-state index contributed by atoms with van der Waals surface area (Å²) in [6.07, 6.45) is 0. The Morgan fingerprint density at radius 3 is 2.33 bits per heavy atom. The van der Waals surface area contributed by atoms with Gasteiger partial charge in [-0.2, -0.15) is 0 Å². The Bertz CT molecular complexity index is 1620. The molecule has 0 saturated heterocycles. The predicted octanol–water partition coefficient (Wildman–Crippen LogP) is 6.66. The van der Waals surface area contributed by atoms with Crippen LogP contribution >= 0.6 is 46.0 Å². The van der Waals surface area contributed by atoms with Gasteiger partial charge in [-0.25, -0.2) is 4.98 Å². The number of Topliss-reactive ketones (excluding diaryl/α,β-unsaturated/α-hetero) is 1. The minimum atomic E-state index is -0.966. The van der Waals surface area contributed by atoms with Crippen molar-refractivity contribution in [2.75, 3.05) is 4.90 Å². The number of aliphatic hydroxyl groups excluding tert-OH is 1. The number of phenols is 1. The molecule has 3 heterocycles. The minimum absolute atomic E-state index is 0.0539. The number of aromatic hydroxyl groups is 1. The number of nitrogens with zero attached hydrogens (tertiary/aromatic N) is 4. The highest BCUT2D eigenvalue weighted by molar-refractivity contribution is 8.00. The Morgan fingerprint density at radius 1 is 1.05 bits per heavy atom. The lowest BCUT2D eigenvalue weighted by Crippen LogP contribution is -2.31. The van der Waals surface area contributed by atoms with Gasteiger partial charge in [0.25, 0.3) is 5.91 Å². The third kappa shape index (κ3) is 5.19. The maximum absolute atomic E-state index is 13.8. The highest BCUT2D eigenvalue weighted by Gasteiger charge is 2.47. The van der Waals surface area contributed by atoms with Crippen LogP contribution in [0.5, 0.6) is 5.75 Å². The SMILES string of the molecule is Cc1nc(C)c(C(=O)C2=C(O)C(=O)N(c3nnc(SCc4ccc(Cl)cc4)s3)C2c2cc(C)c(O)c(C)c2)s1. The van der Waals surface area contributed by atoms with Crippen LogP contribution in [0.2, 0.25) is 5.02 Å². The van der Waals surface area contributed by atoms with E-state index in [4.69, 9.17) is 11.6 Å². The maximum Gasteiger partial charge on any atom is 0.296 e. The maximum atomic E-state index is 13.8. The van der Waals surface area contributed by atoms with Crippen LogP contribution in [0.1, 0.15) is 48.7 Å². The Hall–Kier alpha value is -3.25. The predicted molar refractivity (Wildman–Crippen MR) is 154 cm³/mol. The summed E-state index contributed by atoms with van der Waals surface area (Å²) in [5.41, 5.74) is 3.25. The number of phenolic OH excluding ortho intramolecular Hbond substituents is 1. The van der Waals surface area contributed by atoms with Crippen LogP contribution in [0.4, 0.5) is 5.13 Å². The van der Waals surface area contributed by atoms with E-state index in [1.807, 2.05) is 24.3 Å². The Morgan fingerprint density at radius 2 is 1.72 bits per heavy atom. The molecular formula is C27H23ClN4O4S3. The molecule has 1 aliphatic heterocycles. The van der Waals surface area contributed by atoms with Gasteiger partial charge in [0.2, 0.25) is 10.9 Å². The van der Waals surface area contributed by atoms with Crippen LogP contribution < -0.4 is 4.90 Å². The van der Waals surface area contributed by atoms with Gasteiger partial charge in [-0.05, 0) is 74.2 Å². The minimum Gasteiger partial charge on any atom is -0.507 e. The zero-order valence-corrected chi connectivity index (χ0v) is 24.6. The van der Waals surface area contributed by atoms with Gasteiger partial charge in [0.1, 0.15) is 5.75 Å². The fraction of sp³-hybridized carbons (Fsp3) is 0.222. The summed E-state index contributed by atoms with van der Waals surface area (Å²) in [4.78, 5) is 33.3. The van der Waals surface area contributed by atoms with Crippen LogP contribution in [0.25, 0.3) is 0 Å². The third-order valence-corrected chi connectivity index (χ3v) is 9.72. The monoisotopic (exact) mass is 598 g/mol. The third-order valence-electron chi connectivity index (χ3n) is 6.27. The van der Waals surface area contributed by atoms with Crippen LogP contribution in [0, 0.1) is 27.7 Å². The lowest BCUT2D eigenvalue weighted by Gasteiger charge is -2.25. The molecule has 1 atom stereocenters. The summed E-state index contributed by atoms with van der Waals surface area (Å²) < 4.78 is 0.623. The van der Waals surface area contributed by atoms with Crippen LogP contribution in [0.15, 0.2) is 52.1 Å². The largest absolute Gasteiger partial charge is 0.507 e. The van der Waals surface area contributed by atoms with Crippen molar-refractivity contribution < 1.29 is 19.8 Å². The second-order valence-corrected chi connectivity index (χ2v) is 12.9. The summed E-state index contributed by atoms with van der Waals surface area (Å²) in [5.74, 6) is -1.10. The normalized spacial score (nSPS) is 15.5. The van der Waals surface area contributed by atoms with E-state index in [-0.39, 0.29) is 16.5 Å². The molecule has 39 heavy (non-hydrogen) atoms. The molecule has 2 N–H and O–H groups in total. The van der Waals surface area contributed by atoms with E-state index in [1.54, 1.807) is 39.8 Å². The van der Waals surface area contributed by atoms with Crippen molar-refractivity contribution in [1.29, 1.82) is 0 Å². The highest BCUT2D eigenvalue weighted by atomic mass is 35.5. The zero-order chi connectivity index (χ0) is 28.0. The van der Waals surface area contributed by atoms with Gasteiger partial charge in [-0.3, -0.25) is 14.5 Å². The fourth-order valence-corrected chi connectivity index (χ4v) is 7.27. The first kappa shape index (κ1) is 27.3. The molecule has 2 aromatic carbocycles. The standard InChI is InChI=1S/C27H23ClN4O4S3/c1-12-9-17(10-13(2)21(12)33)20-19(22(34)24-14(3)29-15(4)38-24)23(35)25(36)32(20)26-30-31-27(39-26)37-11-16-5-7-18(28)8-6-16/h5-10,20,33,35H,11H2,1-4H3. The number of hydrogen-bond acceptors (Lipinski definition) is 10. The van der Waals surface area contributed by atoms with Gasteiger partial charge in [0, 0.05) is 10.8 Å². The van der Waals surface area contributed by atoms with Gasteiger partial charge in [0.15, 0.2) is 10.1 Å². The summed E-state index contributed by atoms with van der Waals surface area (Å²) in [6.45, 7) is 7.00. The van der Waals surface area contributed by atoms with Crippen LogP contribution in [-0.2, 0) is 10.5 Å². The second-order valence-electron chi connectivity index (χ2n) is 9.09. The van der Waals surface area contributed by atoms with E-state index in [0.717, 1.165) is 5.56 Å². The molecule has 1 amide bonds. The Kier molecular flexibility index (Phi) is 7.51. The molecule has 8 nitrogen and oxygen atoms in total. The van der Waals surface area contributed by atoms with Crippen molar-refractivity contribution in [3.63, 3.8) is 0 Å². The lowest BCUT2D eigenvalue weighted by molar-refractivity contribution is -0.117. The molecule has 0 aliphatic carbocycles. The molecule has 2 aromatic heterocycles. The summed E-state index contributed by atoms with van der Waals surface area (Å²) in [7, 11) is 0. The molecule has 0 bridgehead atoms. The van der Waals surface area contributed by atoms with Crippen molar-refractivity contribution in [1.82, 2.24) is 15.2 Å². The number of hydrogen-bond donors (Lipinski definition) is 2. The van der Waals surface area contributed by atoms with E-state index >= 15 is 0 Å². The van der Waals surface area contributed by atoms with Crippen molar-refractivity contribution >= 4 is 62.9 Å². The molecule has 1 aliphatic rings. The quantitative estimate of drug-likeness (QED) is 0.138. The number of benzene rings is 2. The number of carbonyl (C=O) groups is 2. The van der Waals surface area contributed by atoms with Crippen molar-refractivity contribution in [3.05, 3.63) is 90.6 Å². The number of aromatic nitrogens is 3. The molecular weight excluding hydrogens is 576 g/mol. The number of ketones is 1. The lowest BCUT2D eigenvalue weighted by atomic mass is 9.92. The van der Waals surface area contributed by atoms with Gasteiger partial charge in [0.05, 0.1) is 27.2 Å². The van der Waals surface area contributed by atoms with Crippen molar-refractivity contribution in [2.24, 2.45) is 0 Å². The number of aliphatic hydroxyl groups is 1. The van der Waals surface area contributed by atoms with Gasteiger partial charge >= 0.3 is 0 Å². The van der Waals surface area contributed by atoms with E-state index in [0.29, 0.717) is 47.4 Å². The van der Waals surface area contributed by atoms with E-state index in [9.17, 15) is 19.8 Å². The summed E-state index contributed by atoms with van der Waals surface area (Å²) in [6, 6.07) is 9.94. The number of thioether (sulfide) groups is 1. The number of halogens is 1. The van der Waals surface area contributed by atoms with Gasteiger partial charge in [-0.15, -0.1) is 21.5 Å². The molecule has 0 fully saturated rings. The number of anilines is 1. The zero-order valence-electron chi connectivity index (χ0n) is 21.4. The first-order valence-corrected chi connectivity index (χ1v) is 14.8. The fourth-order valence-electron chi connectivity index (χ4n) is 4.45. The molecule has 200 valence electrons. The molecule has 0 spiro atoms. The Labute approximate surface area is 242 Å². The summed E-state index contributed by atoms with van der Waals surface area (Å²) in [5, 5.41) is 31.6. The average Bonchev–Trinajstić information content (AvgIpc) is 3.57. The molecule has 12 heteroatoms. The van der Waals surface area contributed by atoms with Crippen molar-refractivity contribution in [2.45, 2.75) is 43.8 Å². The van der Waals surface area contributed by atoms with E-state index in [2.05, 4.69) is 15.2 Å². The number of thiazole rings is 1. The average molecular weight is 599 g/mol. The van der Waals surface area contributed by atoms with Crippen molar-refractivity contribution in [3.8, 4) is 5.75 Å². The summed E-state index contributed by atoms with van der Waals surface area (Å²) >= 11 is 9.84. The molecule has 0 radical (unpaired) electrons. The number of rotatable bonds is 7. The molecule has 1 unspecified atom stereocenters. The molecule has 0 saturated carbocycles. The topological polar surface area (TPSA) is 117 Å². The van der Waals surface area contributed by atoms with E-state index in [1.165, 1.54) is 39.3 Å². The van der Waals surface area contributed by atoms with Gasteiger partial charge in [-0.1, -0.05) is 46.8 Å². The highest BCUT2D eigenvalue weighted by Crippen LogP contribution is 2.45. The van der Waals surface area contributed by atoms with E-state index < -0.39 is 23.5 Å². The first-order chi connectivity index (χ1) is 18.5. The molecule has 4 aromatic rings. The Balaban J connectivity index is 1.55.